The maximum atomic E-state index is 9.45. The SMILES string of the molecule is CC(CN=[N+]=[N-])COCC(C)(C)COCC(O)CN=[N+]=[N-]. The van der Waals surface area contributed by atoms with E-state index >= 15 is 0 Å². The molecule has 0 aromatic heterocycles. The highest BCUT2D eigenvalue weighted by Crippen LogP contribution is 2.16. The molecule has 1 N–H and O–H groups in total. The lowest BCUT2D eigenvalue weighted by Gasteiger charge is -2.25. The van der Waals surface area contributed by atoms with Crippen LogP contribution in [0.1, 0.15) is 20.8 Å². The molecule has 0 aliphatic heterocycles. The lowest BCUT2D eigenvalue weighted by molar-refractivity contribution is -0.0325. The lowest BCUT2D eigenvalue weighted by atomic mass is 9.96. The molecule has 0 saturated heterocycles. The molecule has 2 atom stereocenters. The van der Waals surface area contributed by atoms with Crippen molar-refractivity contribution in [3.05, 3.63) is 20.9 Å². The minimum Gasteiger partial charge on any atom is -0.391 e. The van der Waals surface area contributed by atoms with E-state index in [-0.39, 0.29) is 24.5 Å². The Kier molecular flexibility index (Phi) is 10.4. The van der Waals surface area contributed by atoms with Crippen LogP contribution in [-0.4, -0.2) is 50.7 Å². The number of aliphatic hydroxyl groups excluding tert-OH is 1. The predicted octanol–water partition coefficient (Wildman–Crippen LogP) is 2.66. The van der Waals surface area contributed by atoms with Crippen molar-refractivity contribution in [2.75, 3.05) is 39.5 Å². The summed E-state index contributed by atoms with van der Waals surface area (Å²) >= 11 is 0. The third-order valence-electron chi connectivity index (χ3n) is 2.51. The van der Waals surface area contributed by atoms with Crippen LogP contribution in [0.4, 0.5) is 0 Å². The Bertz CT molecular complexity index is 343. The molecule has 0 spiro atoms. The van der Waals surface area contributed by atoms with Crippen LogP contribution in [0.3, 0.4) is 0 Å². The average molecular weight is 300 g/mol. The molecule has 0 amide bonds. The number of azide groups is 2. The molecule has 0 bridgehead atoms. The summed E-state index contributed by atoms with van der Waals surface area (Å²) < 4.78 is 11.0. The van der Waals surface area contributed by atoms with Crippen LogP contribution < -0.4 is 0 Å². The van der Waals surface area contributed by atoms with E-state index in [0.29, 0.717) is 26.4 Å². The second-order valence-corrected chi connectivity index (χ2v) is 5.78. The molecule has 21 heavy (non-hydrogen) atoms. The summed E-state index contributed by atoms with van der Waals surface area (Å²) in [4.78, 5) is 5.28. The van der Waals surface area contributed by atoms with E-state index in [0.717, 1.165) is 0 Å². The first-order chi connectivity index (χ1) is 9.91. The first-order valence-electron chi connectivity index (χ1n) is 6.76. The highest BCUT2D eigenvalue weighted by Gasteiger charge is 2.19. The van der Waals surface area contributed by atoms with Crippen LogP contribution >= 0.6 is 0 Å². The van der Waals surface area contributed by atoms with Gasteiger partial charge in [0.05, 0.1) is 32.5 Å². The van der Waals surface area contributed by atoms with Crippen molar-refractivity contribution in [1.29, 1.82) is 0 Å². The molecule has 0 aliphatic carbocycles. The molecule has 0 heterocycles. The van der Waals surface area contributed by atoms with Gasteiger partial charge in [-0.05, 0) is 17.0 Å². The molecule has 120 valence electrons. The van der Waals surface area contributed by atoms with Gasteiger partial charge in [0.2, 0.25) is 0 Å². The fraction of sp³-hybridized carbons (Fsp3) is 1.00. The van der Waals surface area contributed by atoms with E-state index < -0.39 is 6.10 Å². The van der Waals surface area contributed by atoms with Crippen LogP contribution in [0.25, 0.3) is 20.9 Å². The fourth-order valence-corrected chi connectivity index (χ4v) is 1.46. The molecule has 2 unspecified atom stereocenters. The van der Waals surface area contributed by atoms with Crippen molar-refractivity contribution in [2.45, 2.75) is 26.9 Å². The monoisotopic (exact) mass is 300 g/mol. The molecule has 0 fully saturated rings. The van der Waals surface area contributed by atoms with Gasteiger partial charge in [0.25, 0.3) is 0 Å². The molecule has 0 saturated carbocycles. The molecule has 9 heteroatoms. The number of aliphatic hydroxyl groups is 1. The predicted molar refractivity (Wildman–Crippen MR) is 78.6 cm³/mol. The standard InChI is InChI=1S/C12H24N6O3/c1-10(4-15-17-13)6-20-8-12(2,3)9-21-7-11(19)5-16-18-14/h10-11,19H,4-9H2,1-3H3. The number of rotatable bonds is 12. The Hall–Kier alpha value is -1.50. The van der Waals surface area contributed by atoms with Gasteiger partial charge in [0.15, 0.2) is 0 Å². The summed E-state index contributed by atoms with van der Waals surface area (Å²) in [5.41, 5.74) is 16.2. The zero-order chi connectivity index (χ0) is 16.1. The first-order valence-corrected chi connectivity index (χ1v) is 6.76. The topological polar surface area (TPSA) is 136 Å². The van der Waals surface area contributed by atoms with Crippen LogP contribution in [-0.2, 0) is 9.47 Å². The maximum absolute atomic E-state index is 9.45. The smallest absolute Gasteiger partial charge is 0.0829 e. The van der Waals surface area contributed by atoms with E-state index in [9.17, 15) is 5.11 Å². The van der Waals surface area contributed by atoms with Gasteiger partial charge in [-0.3, -0.25) is 0 Å². The van der Waals surface area contributed by atoms with E-state index in [4.69, 9.17) is 20.5 Å². The zero-order valence-corrected chi connectivity index (χ0v) is 12.8. The Morgan fingerprint density at radius 3 is 2.14 bits per heavy atom. The summed E-state index contributed by atoms with van der Waals surface area (Å²) in [6, 6.07) is 0. The van der Waals surface area contributed by atoms with Gasteiger partial charge in [-0.2, -0.15) is 0 Å². The zero-order valence-electron chi connectivity index (χ0n) is 12.8. The number of hydrogen-bond acceptors (Lipinski definition) is 5. The molecule has 0 aliphatic rings. The van der Waals surface area contributed by atoms with Gasteiger partial charge >= 0.3 is 0 Å². The van der Waals surface area contributed by atoms with E-state index in [2.05, 4.69) is 20.1 Å². The second kappa shape index (κ2) is 11.2. The first kappa shape index (κ1) is 19.5. The van der Waals surface area contributed by atoms with Crippen molar-refractivity contribution < 1.29 is 14.6 Å². The van der Waals surface area contributed by atoms with Crippen molar-refractivity contribution in [3.63, 3.8) is 0 Å². The van der Waals surface area contributed by atoms with Crippen LogP contribution in [0.2, 0.25) is 0 Å². The van der Waals surface area contributed by atoms with Crippen LogP contribution in [0.15, 0.2) is 10.2 Å². The van der Waals surface area contributed by atoms with E-state index in [1.807, 2.05) is 20.8 Å². The second-order valence-electron chi connectivity index (χ2n) is 5.78. The van der Waals surface area contributed by atoms with Gasteiger partial charge in [-0.15, -0.1) is 0 Å². The number of hydrogen-bond donors (Lipinski definition) is 1. The van der Waals surface area contributed by atoms with Crippen molar-refractivity contribution in [2.24, 2.45) is 21.6 Å². The Morgan fingerprint density at radius 2 is 1.57 bits per heavy atom. The van der Waals surface area contributed by atoms with Gasteiger partial charge in [-0.25, -0.2) is 0 Å². The number of ether oxygens (including phenoxy) is 2. The Morgan fingerprint density at radius 1 is 1.05 bits per heavy atom. The fourth-order valence-electron chi connectivity index (χ4n) is 1.46. The average Bonchev–Trinajstić information content (AvgIpc) is 2.42. The Labute approximate surface area is 124 Å². The Balaban J connectivity index is 3.82. The number of nitrogens with zero attached hydrogens (tertiary/aromatic N) is 6. The quantitative estimate of drug-likeness (QED) is 0.337. The summed E-state index contributed by atoms with van der Waals surface area (Å²) in [7, 11) is 0. The molecule has 0 radical (unpaired) electrons. The van der Waals surface area contributed by atoms with E-state index in [1.165, 1.54) is 0 Å². The highest BCUT2D eigenvalue weighted by atomic mass is 16.5. The van der Waals surface area contributed by atoms with E-state index in [1.54, 1.807) is 0 Å². The van der Waals surface area contributed by atoms with Crippen LogP contribution in [0, 0.1) is 11.3 Å². The van der Waals surface area contributed by atoms with Gasteiger partial charge in [0.1, 0.15) is 0 Å². The molecular weight excluding hydrogens is 276 g/mol. The molecular formula is C12H24N6O3. The van der Waals surface area contributed by atoms with Crippen molar-refractivity contribution in [1.82, 2.24) is 0 Å². The highest BCUT2D eigenvalue weighted by molar-refractivity contribution is 4.68. The summed E-state index contributed by atoms with van der Waals surface area (Å²) in [6.45, 7) is 7.91. The van der Waals surface area contributed by atoms with Crippen molar-refractivity contribution in [3.8, 4) is 0 Å². The van der Waals surface area contributed by atoms with Gasteiger partial charge < -0.3 is 14.6 Å². The molecule has 0 rings (SSSR count). The maximum Gasteiger partial charge on any atom is 0.0829 e. The summed E-state index contributed by atoms with van der Waals surface area (Å²) in [5, 5.41) is 16.2. The molecule has 0 aromatic carbocycles. The van der Waals surface area contributed by atoms with Gasteiger partial charge in [-0.1, -0.05) is 31.0 Å². The third-order valence-corrected chi connectivity index (χ3v) is 2.51. The largest absolute Gasteiger partial charge is 0.391 e. The third kappa shape index (κ3) is 12.0. The summed E-state index contributed by atoms with van der Waals surface area (Å²) in [5.74, 6) is 0.170. The van der Waals surface area contributed by atoms with Gasteiger partial charge in [0, 0.05) is 28.4 Å². The minimum atomic E-state index is -0.790. The molecule has 9 nitrogen and oxygen atoms in total. The normalized spacial score (nSPS) is 13.9. The summed E-state index contributed by atoms with van der Waals surface area (Å²) in [6.07, 6.45) is -0.790. The van der Waals surface area contributed by atoms with Crippen LogP contribution in [0.5, 0.6) is 0 Å². The minimum absolute atomic E-state index is 0.00432. The van der Waals surface area contributed by atoms with Crippen molar-refractivity contribution >= 4 is 0 Å². The lowest BCUT2D eigenvalue weighted by Crippen LogP contribution is -2.29. The molecule has 0 aromatic rings.